The molecular weight excluding hydrogens is 372 g/mol. The molecule has 0 aliphatic rings. The molecule has 1 aromatic heterocycles. The topological polar surface area (TPSA) is 34.4 Å². The molecule has 0 fully saturated rings. The van der Waals surface area contributed by atoms with Crippen molar-refractivity contribution < 1.29 is 4.79 Å². The van der Waals surface area contributed by atoms with Crippen molar-refractivity contribution in [2.75, 3.05) is 6.26 Å². The van der Waals surface area contributed by atoms with E-state index < -0.39 is 0 Å². The van der Waals surface area contributed by atoms with Gasteiger partial charge in [0.15, 0.2) is 4.80 Å². The number of carbonyl (C=O) groups excluding carboxylic acids is 1. The Morgan fingerprint density at radius 1 is 1.36 bits per heavy atom. The molecule has 0 radical (unpaired) electrons. The summed E-state index contributed by atoms with van der Waals surface area (Å²) in [7, 11) is 0. The summed E-state index contributed by atoms with van der Waals surface area (Å²) >= 11 is 9.23. The normalized spacial score (nSPS) is 11.7. The number of rotatable bonds is 3. The highest BCUT2D eigenvalue weighted by Gasteiger charge is 2.14. The van der Waals surface area contributed by atoms with E-state index in [4.69, 9.17) is 18.0 Å². The lowest BCUT2D eigenvalue weighted by Crippen LogP contribution is -2.17. The fourth-order valence-electron chi connectivity index (χ4n) is 2.61. The fourth-order valence-corrected chi connectivity index (χ4v) is 4.58. The van der Waals surface area contributed by atoms with Crippen molar-refractivity contribution in [1.82, 2.24) is 4.57 Å². The van der Waals surface area contributed by atoms with Crippen LogP contribution < -0.4 is 4.80 Å². The molecule has 3 rings (SSSR count). The van der Waals surface area contributed by atoms with Crippen molar-refractivity contribution >= 4 is 50.8 Å². The average Bonchev–Trinajstić information content (AvgIpc) is 2.98. The van der Waals surface area contributed by atoms with Crippen LogP contribution >= 0.6 is 34.7 Å². The lowest BCUT2D eigenvalue weighted by Gasteiger charge is -2.04. The fraction of sp³-hybridized carbons (Fsp3) is 0.158. The first kappa shape index (κ1) is 17.8. The van der Waals surface area contributed by atoms with Crippen LogP contribution in [0.1, 0.15) is 15.9 Å². The zero-order valence-electron chi connectivity index (χ0n) is 13.7. The van der Waals surface area contributed by atoms with Gasteiger partial charge >= 0.3 is 0 Å². The van der Waals surface area contributed by atoms with Gasteiger partial charge in [-0.1, -0.05) is 47.1 Å². The Balaban J connectivity index is 2.24. The Labute approximate surface area is 159 Å². The Kier molecular flexibility index (Phi) is 5.33. The SMILES string of the molecule is C#CCn1c(=NC(=O)c2ccccc2SC)sc2c(Cl)ccc(C)c21. The summed E-state index contributed by atoms with van der Waals surface area (Å²) < 4.78 is 2.77. The van der Waals surface area contributed by atoms with E-state index in [1.54, 1.807) is 6.07 Å². The van der Waals surface area contributed by atoms with E-state index >= 15 is 0 Å². The number of carbonyl (C=O) groups is 1. The number of thioether (sulfide) groups is 1. The van der Waals surface area contributed by atoms with E-state index in [1.165, 1.54) is 23.1 Å². The highest BCUT2D eigenvalue weighted by molar-refractivity contribution is 7.98. The second kappa shape index (κ2) is 7.49. The van der Waals surface area contributed by atoms with Crippen LogP contribution in [0, 0.1) is 19.3 Å². The van der Waals surface area contributed by atoms with Crippen LogP contribution in [0.5, 0.6) is 0 Å². The molecule has 3 nitrogen and oxygen atoms in total. The van der Waals surface area contributed by atoms with Crippen LogP contribution in [0.15, 0.2) is 46.3 Å². The second-order valence-corrected chi connectivity index (χ2v) is 7.57. The number of hydrogen-bond acceptors (Lipinski definition) is 3. The highest BCUT2D eigenvalue weighted by atomic mass is 35.5. The number of nitrogens with zero attached hydrogens (tertiary/aromatic N) is 2. The monoisotopic (exact) mass is 386 g/mol. The average molecular weight is 387 g/mol. The number of aromatic nitrogens is 1. The number of thiazole rings is 1. The number of fused-ring (bicyclic) bond motifs is 1. The van der Waals surface area contributed by atoms with E-state index in [2.05, 4.69) is 10.9 Å². The maximum absolute atomic E-state index is 12.7. The minimum atomic E-state index is -0.281. The van der Waals surface area contributed by atoms with Gasteiger partial charge in [0.2, 0.25) is 0 Å². The maximum Gasteiger partial charge on any atom is 0.280 e. The summed E-state index contributed by atoms with van der Waals surface area (Å²) in [6.07, 6.45) is 7.46. The van der Waals surface area contributed by atoms with Gasteiger partial charge in [0.25, 0.3) is 5.91 Å². The molecule has 1 amide bonds. The van der Waals surface area contributed by atoms with Gasteiger partial charge in [0, 0.05) is 4.90 Å². The Morgan fingerprint density at radius 3 is 2.84 bits per heavy atom. The van der Waals surface area contributed by atoms with Crippen molar-refractivity contribution in [3.8, 4) is 12.3 Å². The second-order valence-electron chi connectivity index (χ2n) is 5.33. The van der Waals surface area contributed by atoms with Gasteiger partial charge < -0.3 is 4.57 Å². The summed E-state index contributed by atoms with van der Waals surface area (Å²) in [5, 5.41) is 0.634. The molecule has 0 atom stereocenters. The first-order chi connectivity index (χ1) is 12.1. The third kappa shape index (κ3) is 3.38. The van der Waals surface area contributed by atoms with Gasteiger partial charge in [-0.2, -0.15) is 4.99 Å². The van der Waals surface area contributed by atoms with Crippen molar-refractivity contribution in [2.45, 2.75) is 18.4 Å². The van der Waals surface area contributed by atoms with Crippen molar-refractivity contribution in [2.24, 2.45) is 4.99 Å². The summed E-state index contributed by atoms with van der Waals surface area (Å²) in [6.45, 7) is 2.32. The first-order valence-electron chi connectivity index (χ1n) is 7.50. The Morgan fingerprint density at radius 2 is 2.12 bits per heavy atom. The van der Waals surface area contributed by atoms with Crippen molar-refractivity contribution in [1.29, 1.82) is 0 Å². The minimum absolute atomic E-state index is 0.281. The molecular formula is C19H15ClN2OS2. The molecule has 1 heterocycles. The first-order valence-corrected chi connectivity index (χ1v) is 9.92. The summed E-state index contributed by atoms with van der Waals surface area (Å²) in [5.41, 5.74) is 2.56. The van der Waals surface area contributed by atoms with Crippen LogP contribution in [-0.4, -0.2) is 16.7 Å². The molecule has 0 spiro atoms. The molecule has 3 aromatic rings. The number of hydrogen-bond donors (Lipinski definition) is 0. The predicted octanol–water partition coefficient (Wildman–Crippen LogP) is 4.76. The smallest absolute Gasteiger partial charge is 0.280 e. The largest absolute Gasteiger partial charge is 0.304 e. The molecule has 2 aromatic carbocycles. The number of amides is 1. The third-order valence-electron chi connectivity index (χ3n) is 3.76. The molecule has 25 heavy (non-hydrogen) atoms. The number of terminal acetylenes is 1. The van der Waals surface area contributed by atoms with E-state index in [1.807, 2.05) is 48.1 Å². The van der Waals surface area contributed by atoms with Crippen LogP contribution in [-0.2, 0) is 6.54 Å². The number of aryl methyl sites for hydroxylation is 1. The molecule has 0 aliphatic carbocycles. The predicted molar refractivity (Wildman–Crippen MR) is 107 cm³/mol. The summed E-state index contributed by atoms with van der Waals surface area (Å²) in [6, 6.07) is 11.2. The van der Waals surface area contributed by atoms with Gasteiger partial charge in [0.05, 0.1) is 27.3 Å². The molecule has 0 bridgehead atoms. The van der Waals surface area contributed by atoms with Crippen LogP contribution in [0.25, 0.3) is 10.2 Å². The van der Waals surface area contributed by atoms with E-state index in [9.17, 15) is 4.79 Å². The molecule has 6 heteroatoms. The standard InChI is InChI=1S/C19H15ClN2OS2/c1-4-11-22-16-12(2)9-10-14(20)17(16)25-19(22)21-18(23)13-7-5-6-8-15(13)24-3/h1,5-10H,11H2,2-3H3. The number of halogens is 1. The Hall–Kier alpha value is -2.00. The van der Waals surface area contributed by atoms with Gasteiger partial charge in [-0.25, -0.2) is 0 Å². The van der Waals surface area contributed by atoms with Gasteiger partial charge in [0.1, 0.15) is 0 Å². The third-order valence-corrected chi connectivity index (χ3v) is 6.10. The van der Waals surface area contributed by atoms with E-state index in [-0.39, 0.29) is 5.91 Å². The lowest BCUT2D eigenvalue weighted by molar-refractivity contribution is 0.0995. The zero-order chi connectivity index (χ0) is 18.0. The van der Waals surface area contributed by atoms with Crippen molar-refractivity contribution in [3.63, 3.8) is 0 Å². The van der Waals surface area contributed by atoms with E-state index in [0.29, 0.717) is 21.9 Å². The molecule has 0 aliphatic heterocycles. The summed E-state index contributed by atoms with van der Waals surface area (Å²) in [5.74, 6) is 2.35. The minimum Gasteiger partial charge on any atom is -0.304 e. The van der Waals surface area contributed by atoms with Crippen molar-refractivity contribution in [3.05, 3.63) is 57.3 Å². The molecule has 0 saturated heterocycles. The van der Waals surface area contributed by atoms with E-state index in [0.717, 1.165) is 20.7 Å². The zero-order valence-corrected chi connectivity index (χ0v) is 16.1. The highest BCUT2D eigenvalue weighted by Crippen LogP contribution is 2.29. The van der Waals surface area contributed by atoms with Crippen LogP contribution in [0.3, 0.4) is 0 Å². The lowest BCUT2D eigenvalue weighted by atomic mass is 10.2. The van der Waals surface area contributed by atoms with Gasteiger partial charge in [-0.15, -0.1) is 18.2 Å². The van der Waals surface area contributed by atoms with Crippen LogP contribution in [0.2, 0.25) is 5.02 Å². The molecule has 0 N–H and O–H groups in total. The summed E-state index contributed by atoms with van der Waals surface area (Å²) in [4.78, 5) is 18.5. The molecule has 0 saturated carbocycles. The molecule has 126 valence electrons. The quantitative estimate of drug-likeness (QED) is 0.480. The van der Waals surface area contributed by atoms with Gasteiger partial charge in [-0.05, 0) is 36.9 Å². The maximum atomic E-state index is 12.7. The van der Waals surface area contributed by atoms with Gasteiger partial charge in [-0.3, -0.25) is 4.79 Å². The Bertz CT molecular complexity index is 1070. The molecule has 0 unspecified atom stereocenters. The van der Waals surface area contributed by atoms with Crippen LogP contribution in [0.4, 0.5) is 0 Å². The number of benzene rings is 2.